The van der Waals surface area contributed by atoms with Gasteiger partial charge in [-0.2, -0.15) is 9.97 Å². The van der Waals surface area contributed by atoms with E-state index in [0.29, 0.717) is 11.5 Å². The van der Waals surface area contributed by atoms with Gasteiger partial charge in [-0.05, 0) is 12.1 Å². The van der Waals surface area contributed by atoms with Crippen molar-refractivity contribution >= 4 is 5.95 Å². The summed E-state index contributed by atoms with van der Waals surface area (Å²) < 4.78 is 0. The predicted molar refractivity (Wildman–Crippen MR) is 58.5 cm³/mol. The molecule has 2 heterocycles. The molecule has 0 aliphatic rings. The van der Waals surface area contributed by atoms with Crippen molar-refractivity contribution < 1.29 is 0 Å². The van der Waals surface area contributed by atoms with Crippen molar-refractivity contribution in [3.8, 4) is 11.5 Å². The van der Waals surface area contributed by atoms with Crippen LogP contribution in [0.15, 0.2) is 29.2 Å². The summed E-state index contributed by atoms with van der Waals surface area (Å²) in [4.78, 5) is 25.5. The van der Waals surface area contributed by atoms with Gasteiger partial charge in [0.15, 0.2) is 5.82 Å². The topological polar surface area (TPSA) is 101 Å². The third kappa shape index (κ3) is 2.04. The van der Waals surface area contributed by atoms with E-state index in [1.54, 1.807) is 31.4 Å². The Morgan fingerprint density at radius 3 is 2.81 bits per heavy atom. The molecule has 0 saturated carbocycles. The maximum atomic E-state index is 11.3. The average molecular weight is 218 g/mol. The summed E-state index contributed by atoms with van der Waals surface area (Å²) in [7, 11) is 1.55. The minimum Gasteiger partial charge on any atom is -0.288 e. The first-order valence-electron chi connectivity index (χ1n) is 4.55. The van der Waals surface area contributed by atoms with Crippen LogP contribution in [0.3, 0.4) is 0 Å². The second-order valence-corrected chi connectivity index (χ2v) is 3.13. The van der Waals surface area contributed by atoms with Crippen molar-refractivity contribution in [1.82, 2.24) is 19.9 Å². The Kier molecular flexibility index (Phi) is 2.61. The molecule has 0 aromatic carbocycles. The Morgan fingerprint density at radius 2 is 2.19 bits per heavy atom. The van der Waals surface area contributed by atoms with Gasteiger partial charge in [0.05, 0.1) is 0 Å². The summed E-state index contributed by atoms with van der Waals surface area (Å²) in [5.74, 6) is 5.95. The van der Waals surface area contributed by atoms with Gasteiger partial charge in [-0.25, -0.2) is 10.6 Å². The van der Waals surface area contributed by atoms with E-state index in [1.165, 1.54) is 5.01 Å². The highest BCUT2D eigenvalue weighted by Gasteiger charge is 2.07. The molecule has 0 aliphatic heterocycles. The van der Waals surface area contributed by atoms with Gasteiger partial charge in [0, 0.05) is 13.2 Å². The van der Waals surface area contributed by atoms with Crippen LogP contribution in [0.25, 0.3) is 11.5 Å². The quantitative estimate of drug-likeness (QED) is 0.522. The maximum Gasteiger partial charge on any atom is 0.349 e. The molecule has 0 saturated heterocycles. The molecule has 2 aromatic heterocycles. The number of hydrazine groups is 1. The van der Waals surface area contributed by atoms with Gasteiger partial charge in [-0.3, -0.25) is 15.0 Å². The highest BCUT2D eigenvalue weighted by atomic mass is 16.1. The fourth-order valence-electron chi connectivity index (χ4n) is 1.15. The number of hydrogen-bond donors (Lipinski definition) is 2. The van der Waals surface area contributed by atoms with E-state index in [1.807, 2.05) is 0 Å². The third-order valence-corrected chi connectivity index (χ3v) is 1.86. The number of hydrogen-bond acceptors (Lipinski definition) is 6. The minimum absolute atomic E-state index is 0.143. The van der Waals surface area contributed by atoms with E-state index < -0.39 is 5.69 Å². The first-order chi connectivity index (χ1) is 7.66. The fourth-order valence-corrected chi connectivity index (χ4v) is 1.15. The molecule has 7 heteroatoms. The lowest BCUT2D eigenvalue weighted by atomic mass is 10.3. The van der Waals surface area contributed by atoms with E-state index in [2.05, 4.69) is 19.9 Å². The molecule has 0 aliphatic carbocycles. The van der Waals surface area contributed by atoms with E-state index in [0.717, 1.165) is 0 Å². The average Bonchev–Trinajstić information content (AvgIpc) is 2.29. The van der Waals surface area contributed by atoms with Gasteiger partial charge in [0.1, 0.15) is 5.69 Å². The van der Waals surface area contributed by atoms with Crippen LogP contribution in [-0.4, -0.2) is 27.0 Å². The number of H-pyrrole nitrogens is 1. The van der Waals surface area contributed by atoms with Gasteiger partial charge in [-0.1, -0.05) is 6.07 Å². The zero-order valence-corrected chi connectivity index (χ0v) is 8.58. The van der Waals surface area contributed by atoms with Crippen LogP contribution >= 0.6 is 0 Å². The normalized spacial score (nSPS) is 10.1. The number of pyridine rings is 1. The molecule has 0 atom stereocenters. The van der Waals surface area contributed by atoms with Crippen LogP contribution < -0.4 is 16.5 Å². The minimum atomic E-state index is -0.511. The smallest absolute Gasteiger partial charge is 0.288 e. The van der Waals surface area contributed by atoms with Crippen LogP contribution in [0.4, 0.5) is 5.95 Å². The molecular weight excluding hydrogens is 208 g/mol. The van der Waals surface area contributed by atoms with Crippen molar-refractivity contribution in [1.29, 1.82) is 0 Å². The molecule has 82 valence electrons. The number of nitrogens with two attached hydrogens (primary N) is 1. The summed E-state index contributed by atoms with van der Waals surface area (Å²) in [6.45, 7) is 0. The largest absolute Gasteiger partial charge is 0.349 e. The number of nitrogens with zero attached hydrogens (tertiary/aromatic N) is 4. The standard InChI is InChI=1S/C9H10N6O/c1-15(10)8-12-7(13-9(16)14-8)6-4-2-3-5-11-6/h2-5H,10H2,1H3,(H,12,13,14,16). The molecule has 2 rings (SSSR count). The monoisotopic (exact) mass is 218 g/mol. The SMILES string of the molecule is CN(N)c1nc(-c2ccccn2)[nH]c(=O)n1. The second-order valence-electron chi connectivity index (χ2n) is 3.13. The molecular formula is C9H10N6O. The zero-order valence-electron chi connectivity index (χ0n) is 8.58. The number of aromatic nitrogens is 4. The Labute approximate surface area is 91.0 Å². The molecule has 7 nitrogen and oxygen atoms in total. The van der Waals surface area contributed by atoms with Gasteiger partial charge < -0.3 is 0 Å². The highest BCUT2D eigenvalue weighted by molar-refractivity contribution is 5.49. The van der Waals surface area contributed by atoms with Crippen molar-refractivity contribution in [2.75, 3.05) is 12.1 Å². The molecule has 0 radical (unpaired) electrons. The number of nitrogens with one attached hydrogen (secondary N) is 1. The van der Waals surface area contributed by atoms with Crippen molar-refractivity contribution in [3.05, 3.63) is 34.9 Å². The van der Waals surface area contributed by atoms with Crippen molar-refractivity contribution in [2.24, 2.45) is 5.84 Å². The van der Waals surface area contributed by atoms with Gasteiger partial charge in [-0.15, -0.1) is 0 Å². The highest BCUT2D eigenvalue weighted by Crippen LogP contribution is 2.10. The predicted octanol–water partition coefficient (Wildman–Crippen LogP) is -0.463. The van der Waals surface area contributed by atoms with Gasteiger partial charge in [0.25, 0.3) is 0 Å². The molecule has 16 heavy (non-hydrogen) atoms. The summed E-state index contributed by atoms with van der Waals surface area (Å²) in [6.07, 6.45) is 1.61. The molecule has 0 bridgehead atoms. The zero-order chi connectivity index (χ0) is 11.5. The summed E-state index contributed by atoms with van der Waals surface area (Å²) in [6, 6.07) is 5.31. The lowest BCUT2D eigenvalue weighted by Gasteiger charge is -2.09. The van der Waals surface area contributed by atoms with E-state index in [9.17, 15) is 4.79 Å². The van der Waals surface area contributed by atoms with Crippen LogP contribution in [0.2, 0.25) is 0 Å². The molecule has 0 amide bonds. The van der Waals surface area contributed by atoms with Gasteiger partial charge >= 0.3 is 5.69 Å². The lowest BCUT2D eigenvalue weighted by Crippen LogP contribution is -2.30. The molecule has 0 unspecified atom stereocenters. The van der Waals surface area contributed by atoms with E-state index in [4.69, 9.17) is 5.84 Å². The summed E-state index contributed by atoms with van der Waals surface area (Å²) in [5.41, 5.74) is 0.0491. The van der Waals surface area contributed by atoms with Crippen molar-refractivity contribution in [2.45, 2.75) is 0 Å². The van der Waals surface area contributed by atoms with Gasteiger partial charge in [0.2, 0.25) is 5.95 Å². The Morgan fingerprint density at radius 1 is 1.38 bits per heavy atom. The number of rotatable bonds is 2. The second kappa shape index (κ2) is 4.07. The lowest BCUT2D eigenvalue weighted by molar-refractivity contribution is 0.883. The Hall–Kier alpha value is -2.28. The molecule has 2 aromatic rings. The Balaban J connectivity index is 2.54. The first kappa shape index (κ1) is 10.2. The molecule has 0 fully saturated rings. The Bertz CT molecular complexity index is 535. The van der Waals surface area contributed by atoms with E-state index in [-0.39, 0.29) is 5.95 Å². The number of anilines is 1. The van der Waals surface area contributed by atoms with Crippen LogP contribution in [0.5, 0.6) is 0 Å². The fraction of sp³-hybridized carbons (Fsp3) is 0.111. The molecule has 3 N–H and O–H groups in total. The van der Waals surface area contributed by atoms with Crippen LogP contribution in [-0.2, 0) is 0 Å². The van der Waals surface area contributed by atoms with Crippen LogP contribution in [0, 0.1) is 0 Å². The summed E-state index contributed by atoms with van der Waals surface area (Å²) in [5, 5.41) is 1.17. The van der Waals surface area contributed by atoms with E-state index >= 15 is 0 Å². The first-order valence-corrected chi connectivity index (χ1v) is 4.55. The summed E-state index contributed by atoms with van der Waals surface area (Å²) >= 11 is 0. The maximum absolute atomic E-state index is 11.3. The number of aromatic amines is 1. The van der Waals surface area contributed by atoms with Crippen molar-refractivity contribution in [3.63, 3.8) is 0 Å². The third-order valence-electron chi connectivity index (χ3n) is 1.86. The van der Waals surface area contributed by atoms with Crippen LogP contribution in [0.1, 0.15) is 0 Å². The molecule has 0 spiro atoms.